The molecule has 1 unspecified atom stereocenters. The van der Waals surface area contributed by atoms with Crippen LogP contribution in [0.3, 0.4) is 0 Å². The molecule has 0 aliphatic carbocycles. The summed E-state index contributed by atoms with van der Waals surface area (Å²) in [4.78, 5) is 2.31. The lowest BCUT2D eigenvalue weighted by Crippen LogP contribution is -2.26. The van der Waals surface area contributed by atoms with Crippen LogP contribution in [0.15, 0.2) is 24.3 Å². The van der Waals surface area contributed by atoms with Gasteiger partial charge in [-0.05, 0) is 18.1 Å². The molecule has 1 aliphatic heterocycles. The van der Waals surface area contributed by atoms with E-state index in [1.807, 2.05) is 24.3 Å². The highest BCUT2D eigenvalue weighted by Gasteiger charge is 2.19. The van der Waals surface area contributed by atoms with Gasteiger partial charge in [-0.2, -0.15) is 5.26 Å². The van der Waals surface area contributed by atoms with Crippen LogP contribution in [0.25, 0.3) is 0 Å². The molecule has 0 spiro atoms. The van der Waals surface area contributed by atoms with Gasteiger partial charge in [0.2, 0.25) is 0 Å². The third-order valence-electron chi connectivity index (χ3n) is 2.84. The smallest absolute Gasteiger partial charge is 0.0995 e. The lowest BCUT2D eigenvalue weighted by molar-refractivity contribution is 0.326. The molecule has 1 atom stereocenters. The Balaban J connectivity index is 2.08. The van der Waals surface area contributed by atoms with Crippen molar-refractivity contribution in [3.63, 3.8) is 0 Å². The van der Waals surface area contributed by atoms with Gasteiger partial charge in [0.25, 0.3) is 0 Å². The summed E-state index contributed by atoms with van der Waals surface area (Å²) in [6, 6.07) is 10.3. The molecule has 1 heterocycles. The quantitative estimate of drug-likeness (QED) is 0.779. The molecule has 0 saturated carbocycles. The molecule has 3 nitrogen and oxygen atoms in total. The second-order valence-corrected chi connectivity index (χ2v) is 4.05. The maximum Gasteiger partial charge on any atom is 0.0995 e. The van der Waals surface area contributed by atoms with Gasteiger partial charge < -0.3 is 5.73 Å². The van der Waals surface area contributed by atoms with Crippen molar-refractivity contribution < 1.29 is 0 Å². The zero-order valence-electron chi connectivity index (χ0n) is 8.69. The Labute approximate surface area is 90.1 Å². The van der Waals surface area contributed by atoms with Crippen LogP contribution in [0, 0.1) is 11.3 Å². The molecule has 3 heteroatoms. The van der Waals surface area contributed by atoms with Gasteiger partial charge in [0.1, 0.15) is 0 Å². The Kier molecular flexibility index (Phi) is 3.00. The number of hydrogen-bond donors (Lipinski definition) is 1. The Hall–Kier alpha value is -1.37. The van der Waals surface area contributed by atoms with E-state index >= 15 is 0 Å². The summed E-state index contributed by atoms with van der Waals surface area (Å²) < 4.78 is 0. The van der Waals surface area contributed by atoms with Crippen LogP contribution < -0.4 is 5.73 Å². The van der Waals surface area contributed by atoms with Crippen LogP contribution in [0.1, 0.15) is 17.5 Å². The average Bonchev–Trinajstić information content (AvgIpc) is 2.65. The molecule has 1 aromatic carbocycles. The third kappa shape index (κ3) is 2.35. The number of nitrogens with zero attached hydrogens (tertiary/aromatic N) is 2. The SMILES string of the molecule is N#Cc1ccccc1CN1CCC(N)C1. The van der Waals surface area contributed by atoms with Crippen molar-refractivity contribution in [3.05, 3.63) is 35.4 Å². The number of hydrogen-bond acceptors (Lipinski definition) is 3. The predicted octanol–water partition coefficient (Wildman–Crippen LogP) is 1.09. The molecule has 2 N–H and O–H groups in total. The third-order valence-corrected chi connectivity index (χ3v) is 2.84. The molecule has 0 bridgehead atoms. The van der Waals surface area contributed by atoms with E-state index in [1.165, 1.54) is 0 Å². The minimum Gasteiger partial charge on any atom is -0.326 e. The normalized spacial score (nSPS) is 21.5. The second-order valence-electron chi connectivity index (χ2n) is 4.05. The predicted molar refractivity (Wildman–Crippen MR) is 59.0 cm³/mol. The molecule has 15 heavy (non-hydrogen) atoms. The van der Waals surface area contributed by atoms with Crippen molar-refractivity contribution in [2.45, 2.75) is 19.0 Å². The van der Waals surface area contributed by atoms with E-state index in [9.17, 15) is 0 Å². The Morgan fingerprint density at radius 2 is 2.27 bits per heavy atom. The van der Waals surface area contributed by atoms with E-state index in [2.05, 4.69) is 11.0 Å². The molecule has 0 amide bonds. The fraction of sp³-hybridized carbons (Fsp3) is 0.417. The minimum absolute atomic E-state index is 0.305. The van der Waals surface area contributed by atoms with Crippen molar-refractivity contribution in [1.82, 2.24) is 4.90 Å². The van der Waals surface area contributed by atoms with Crippen LogP contribution in [-0.4, -0.2) is 24.0 Å². The average molecular weight is 201 g/mol. The van der Waals surface area contributed by atoms with E-state index in [-0.39, 0.29) is 0 Å². The second kappa shape index (κ2) is 4.43. The highest BCUT2D eigenvalue weighted by molar-refractivity contribution is 5.37. The van der Waals surface area contributed by atoms with Crippen LogP contribution in [0.2, 0.25) is 0 Å². The van der Waals surface area contributed by atoms with E-state index in [1.54, 1.807) is 0 Å². The van der Waals surface area contributed by atoms with Gasteiger partial charge in [0, 0.05) is 25.7 Å². The number of nitriles is 1. The number of likely N-dealkylation sites (tertiary alicyclic amines) is 1. The maximum absolute atomic E-state index is 8.95. The Morgan fingerprint density at radius 1 is 1.47 bits per heavy atom. The van der Waals surface area contributed by atoms with Crippen molar-refractivity contribution in [1.29, 1.82) is 5.26 Å². The zero-order valence-corrected chi connectivity index (χ0v) is 8.69. The summed E-state index contributed by atoms with van der Waals surface area (Å²) >= 11 is 0. The lowest BCUT2D eigenvalue weighted by atomic mass is 10.1. The van der Waals surface area contributed by atoms with E-state index in [4.69, 9.17) is 11.0 Å². The Bertz CT molecular complexity index is 381. The van der Waals surface area contributed by atoms with Gasteiger partial charge in [-0.25, -0.2) is 0 Å². The summed E-state index contributed by atoms with van der Waals surface area (Å²) in [5, 5.41) is 8.95. The number of benzene rings is 1. The van der Waals surface area contributed by atoms with Gasteiger partial charge in [-0.15, -0.1) is 0 Å². The number of nitrogens with two attached hydrogens (primary N) is 1. The van der Waals surface area contributed by atoms with Crippen LogP contribution in [0.4, 0.5) is 0 Å². The largest absolute Gasteiger partial charge is 0.326 e. The van der Waals surface area contributed by atoms with Crippen molar-refractivity contribution in [3.8, 4) is 6.07 Å². The summed E-state index contributed by atoms with van der Waals surface area (Å²) in [7, 11) is 0. The first kappa shape index (κ1) is 10.2. The Morgan fingerprint density at radius 3 is 2.93 bits per heavy atom. The van der Waals surface area contributed by atoms with Crippen molar-refractivity contribution in [2.24, 2.45) is 5.73 Å². The van der Waals surface area contributed by atoms with E-state index in [0.29, 0.717) is 6.04 Å². The van der Waals surface area contributed by atoms with Crippen LogP contribution >= 0.6 is 0 Å². The molecule has 0 aromatic heterocycles. The summed E-state index contributed by atoms with van der Waals surface area (Å²) in [6.07, 6.45) is 1.06. The molecule has 1 aliphatic rings. The maximum atomic E-state index is 8.95. The standard InChI is InChI=1S/C12H15N3/c13-7-10-3-1-2-4-11(10)8-15-6-5-12(14)9-15/h1-4,12H,5-6,8-9,14H2. The topological polar surface area (TPSA) is 53.0 Å². The molecule has 1 fully saturated rings. The highest BCUT2D eigenvalue weighted by Crippen LogP contribution is 2.14. The molecular weight excluding hydrogens is 186 g/mol. The van der Waals surface area contributed by atoms with Gasteiger partial charge in [-0.1, -0.05) is 18.2 Å². The molecular formula is C12H15N3. The van der Waals surface area contributed by atoms with Gasteiger partial charge in [0.05, 0.1) is 11.6 Å². The first-order valence-electron chi connectivity index (χ1n) is 5.25. The summed E-state index contributed by atoms with van der Waals surface area (Å²) in [5.74, 6) is 0. The zero-order chi connectivity index (χ0) is 10.7. The van der Waals surface area contributed by atoms with E-state index in [0.717, 1.165) is 37.2 Å². The van der Waals surface area contributed by atoms with E-state index < -0.39 is 0 Å². The molecule has 78 valence electrons. The number of rotatable bonds is 2. The summed E-state index contributed by atoms with van der Waals surface area (Å²) in [5.41, 5.74) is 7.72. The molecule has 2 rings (SSSR count). The fourth-order valence-electron chi connectivity index (χ4n) is 2.01. The molecule has 1 aromatic rings. The van der Waals surface area contributed by atoms with Crippen LogP contribution in [0.5, 0.6) is 0 Å². The van der Waals surface area contributed by atoms with Gasteiger partial charge >= 0.3 is 0 Å². The van der Waals surface area contributed by atoms with Gasteiger partial charge in [0.15, 0.2) is 0 Å². The van der Waals surface area contributed by atoms with Crippen LogP contribution in [-0.2, 0) is 6.54 Å². The lowest BCUT2D eigenvalue weighted by Gasteiger charge is -2.15. The fourth-order valence-corrected chi connectivity index (χ4v) is 2.01. The summed E-state index contributed by atoms with van der Waals surface area (Å²) in [6.45, 7) is 2.83. The van der Waals surface area contributed by atoms with Gasteiger partial charge in [-0.3, -0.25) is 4.90 Å². The van der Waals surface area contributed by atoms with Crippen molar-refractivity contribution in [2.75, 3.05) is 13.1 Å². The first-order chi connectivity index (χ1) is 7.29. The van der Waals surface area contributed by atoms with Crippen molar-refractivity contribution >= 4 is 0 Å². The minimum atomic E-state index is 0.305. The molecule has 1 saturated heterocycles. The highest BCUT2D eigenvalue weighted by atomic mass is 15.2. The first-order valence-corrected chi connectivity index (χ1v) is 5.25. The molecule has 0 radical (unpaired) electrons. The monoisotopic (exact) mass is 201 g/mol.